The smallest absolute Gasteiger partial charge is 0.305 e. The quantitative estimate of drug-likeness (QED) is 0.224. The molecule has 0 aliphatic carbocycles. The van der Waals surface area contributed by atoms with Crippen LogP contribution in [0.25, 0.3) is 5.70 Å². The summed E-state index contributed by atoms with van der Waals surface area (Å²) in [5, 5.41) is 9.39. The number of amidine groups is 1. The summed E-state index contributed by atoms with van der Waals surface area (Å²) < 4.78 is 1.88. The molecule has 0 saturated carbocycles. The molecule has 3 rings (SSSR count). The zero-order valence-electron chi connectivity index (χ0n) is 18.5. The first-order valence-electron chi connectivity index (χ1n) is 10.6. The molecular formula is C27H26Br2N2O2. The van der Waals surface area contributed by atoms with Gasteiger partial charge in [0.1, 0.15) is 5.84 Å². The Hall–Kier alpha value is -2.70. The van der Waals surface area contributed by atoms with Gasteiger partial charge in [0.2, 0.25) is 0 Å². The lowest BCUT2D eigenvalue weighted by Crippen LogP contribution is -2.36. The summed E-state index contributed by atoms with van der Waals surface area (Å²) in [6, 6.07) is 24.1. The number of halogens is 2. The van der Waals surface area contributed by atoms with E-state index in [1.54, 1.807) is 0 Å². The average Bonchev–Trinajstić information content (AvgIpc) is 2.80. The molecule has 3 aromatic rings. The summed E-state index contributed by atoms with van der Waals surface area (Å²) in [4.78, 5) is 18.5. The maximum atomic E-state index is 11.4. The van der Waals surface area contributed by atoms with Crippen LogP contribution in [0.15, 0.2) is 93.3 Å². The lowest BCUT2D eigenvalue weighted by molar-refractivity contribution is -0.137. The Morgan fingerprint density at radius 3 is 2.39 bits per heavy atom. The normalized spacial score (nSPS) is 11.3. The van der Waals surface area contributed by atoms with E-state index in [2.05, 4.69) is 55.5 Å². The fraction of sp³-hybridized carbons (Fsp3) is 0.185. The Morgan fingerprint density at radius 2 is 1.70 bits per heavy atom. The van der Waals surface area contributed by atoms with Gasteiger partial charge in [-0.25, -0.2) is 4.99 Å². The molecule has 0 radical (unpaired) electrons. The molecule has 33 heavy (non-hydrogen) atoms. The van der Waals surface area contributed by atoms with E-state index in [1.165, 1.54) is 5.56 Å². The third-order valence-corrected chi connectivity index (χ3v) is 6.23. The third kappa shape index (κ3) is 7.41. The van der Waals surface area contributed by atoms with Crippen LogP contribution in [-0.2, 0) is 11.2 Å². The predicted octanol–water partition coefficient (Wildman–Crippen LogP) is 6.96. The molecule has 3 aromatic carbocycles. The monoisotopic (exact) mass is 568 g/mol. The summed E-state index contributed by atoms with van der Waals surface area (Å²) in [6.45, 7) is 7.23. The van der Waals surface area contributed by atoms with Crippen molar-refractivity contribution < 1.29 is 9.90 Å². The Balaban J connectivity index is 2.04. The topological polar surface area (TPSA) is 52.9 Å². The molecule has 0 atom stereocenters. The van der Waals surface area contributed by atoms with E-state index in [0.717, 1.165) is 37.9 Å². The van der Waals surface area contributed by atoms with E-state index in [9.17, 15) is 9.90 Å². The first kappa shape index (κ1) is 24.9. The molecule has 0 aromatic heterocycles. The van der Waals surface area contributed by atoms with Crippen LogP contribution >= 0.6 is 31.9 Å². The maximum absolute atomic E-state index is 11.4. The van der Waals surface area contributed by atoms with E-state index in [0.29, 0.717) is 18.8 Å². The Morgan fingerprint density at radius 1 is 0.970 bits per heavy atom. The standard InChI is InChI=1S/C27H26Br2N2O2/c1-19-11-12-24(29)18-25(19)27(30-20(2)22-9-6-10-23(28)17-22)31(16-14-26(32)33)15-13-21-7-4-3-5-8-21/h3-12,17-18H,2,13-16H2,1H3,(H,32,33). The van der Waals surface area contributed by atoms with Gasteiger partial charge in [-0.05, 0) is 48.7 Å². The molecule has 1 N–H and O–H groups in total. The predicted molar refractivity (Wildman–Crippen MR) is 143 cm³/mol. The van der Waals surface area contributed by atoms with Crippen molar-refractivity contribution in [1.29, 1.82) is 0 Å². The molecule has 0 bridgehead atoms. The van der Waals surface area contributed by atoms with Crippen LogP contribution in [0.5, 0.6) is 0 Å². The number of hydrogen-bond acceptors (Lipinski definition) is 2. The molecule has 0 spiro atoms. The Kier molecular flexibility index (Phi) is 9.03. The number of hydrogen-bond donors (Lipinski definition) is 1. The lowest BCUT2D eigenvalue weighted by Gasteiger charge is -2.27. The molecule has 0 aliphatic heterocycles. The number of carboxylic acid groups (broad SMARTS) is 1. The highest BCUT2D eigenvalue weighted by Crippen LogP contribution is 2.24. The van der Waals surface area contributed by atoms with Crippen LogP contribution in [0.3, 0.4) is 0 Å². The third-order valence-electron chi connectivity index (χ3n) is 5.25. The van der Waals surface area contributed by atoms with Gasteiger partial charge in [-0.2, -0.15) is 0 Å². The molecule has 0 fully saturated rings. The zero-order chi connectivity index (χ0) is 23.8. The highest BCUT2D eigenvalue weighted by Gasteiger charge is 2.18. The minimum atomic E-state index is -0.837. The van der Waals surface area contributed by atoms with Gasteiger partial charge in [0.25, 0.3) is 0 Å². The molecular weight excluding hydrogens is 544 g/mol. The molecule has 170 valence electrons. The molecule has 0 unspecified atom stereocenters. The molecule has 4 nitrogen and oxygen atoms in total. The summed E-state index contributed by atoms with van der Waals surface area (Å²) in [6.07, 6.45) is 0.792. The van der Waals surface area contributed by atoms with Gasteiger partial charge < -0.3 is 10.0 Å². The number of aryl methyl sites for hydroxylation is 1. The number of carbonyl (C=O) groups is 1. The fourth-order valence-electron chi connectivity index (χ4n) is 3.46. The van der Waals surface area contributed by atoms with Crippen molar-refractivity contribution in [2.24, 2.45) is 4.99 Å². The Labute approximate surface area is 211 Å². The van der Waals surface area contributed by atoms with Crippen molar-refractivity contribution in [2.45, 2.75) is 19.8 Å². The first-order chi connectivity index (χ1) is 15.8. The van der Waals surface area contributed by atoms with E-state index >= 15 is 0 Å². The molecule has 0 heterocycles. The van der Waals surface area contributed by atoms with Crippen LogP contribution in [0.2, 0.25) is 0 Å². The minimum Gasteiger partial charge on any atom is -0.481 e. The molecule has 6 heteroatoms. The van der Waals surface area contributed by atoms with E-state index in [-0.39, 0.29) is 6.42 Å². The van der Waals surface area contributed by atoms with E-state index in [4.69, 9.17) is 4.99 Å². The van der Waals surface area contributed by atoms with Crippen molar-refractivity contribution in [1.82, 2.24) is 4.90 Å². The van der Waals surface area contributed by atoms with Crippen LogP contribution in [0.1, 0.15) is 28.7 Å². The van der Waals surface area contributed by atoms with E-state index in [1.807, 2.05) is 67.6 Å². The van der Waals surface area contributed by atoms with Crippen molar-refractivity contribution in [2.75, 3.05) is 13.1 Å². The highest BCUT2D eigenvalue weighted by molar-refractivity contribution is 9.10. The molecule has 0 saturated heterocycles. The van der Waals surface area contributed by atoms with Crippen LogP contribution in [-0.4, -0.2) is 34.9 Å². The number of rotatable bonds is 9. The fourth-order valence-corrected chi connectivity index (χ4v) is 4.22. The van der Waals surface area contributed by atoms with Gasteiger partial charge in [0, 0.05) is 33.2 Å². The van der Waals surface area contributed by atoms with E-state index < -0.39 is 5.97 Å². The molecule has 0 amide bonds. The van der Waals surface area contributed by atoms with Crippen LogP contribution in [0.4, 0.5) is 0 Å². The number of nitrogens with zero attached hydrogens (tertiary/aromatic N) is 2. The van der Waals surface area contributed by atoms with Crippen molar-refractivity contribution in [3.63, 3.8) is 0 Å². The van der Waals surface area contributed by atoms with Crippen molar-refractivity contribution in [3.8, 4) is 0 Å². The van der Waals surface area contributed by atoms with Gasteiger partial charge in [-0.1, -0.05) is 87.0 Å². The minimum absolute atomic E-state index is 0.0181. The van der Waals surface area contributed by atoms with Gasteiger partial charge >= 0.3 is 5.97 Å². The Bertz CT molecular complexity index is 1160. The largest absolute Gasteiger partial charge is 0.481 e. The number of carboxylic acids is 1. The molecule has 0 aliphatic rings. The zero-order valence-corrected chi connectivity index (χ0v) is 21.6. The van der Waals surface area contributed by atoms with Gasteiger partial charge in [0.05, 0.1) is 12.1 Å². The maximum Gasteiger partial charge on any atom is 0.305 e. The summed E-state index contributed by atoms with van der Waals surface area (Å²) >= 11 is 7.09. The number of benzene rings is 3. The SMILES string of the molecule is C=C(N=C(c1cc(Br)ccc1C)N(CCC(=O)O)CCc1ccccc1)c1cccc(Br)c1. The second-order valence-corrected chi connectivity index (χ2v) is 9.55. The van der Waals surface area contributed by atoms with Crippen molar-refractivity contribution in [3.05, 3.63) is 111 Å². The number of aliphatic imine (C=N–C) groups is 1. The summed E-state index contributed by atoms with van der Waals surface area (Å²) in [7, 11) is 0. The second kappa shape index (κ2) is 12.0. The van der Waals surface area contributed by atoms with Gasteiger partial charge in [0.15, 0.2) is 0 Å². The second-order valence-electron chi connectivity index (χ2n) is 7.72. The van der Waals surface area contributed by atoms with Crippen LogP contribution < -0.4 is 0 Å². The number of aliphatic carboxylic acids is 1. The van der Waals surface area contributed by atoms with Crippen LogP contribution in [0, 0.1) is 6.92 Å². The highest BCUT2D eigenvalue weighted by atomic mass is 79.9. The summed E-state index contributed by atoms with van der Waals surface area (Å²) in [5.41, 5.74) is 4.70. The lowest BCUT2D eigenvalue weighted by atomic mass is 10.1. The van der Waals surface area contributed by atoms with Crippen molar-refractivity contribution >= 4 is 49.4 Å². The first-order valence-corrected chi connectivity index (χ1v) is 12.2. The average molecular weight is 570 g/mol. The van der Waals surface area contributed by atoms with Gasteiger partial charge in [-0.3, -0.25) is 4.79 Å². The summed E-state index contributed by atoms with van der Waals surface area (Å²) in [5.74, 6) is -0.119. The van der Waals surface area contributed by atoms with Gasteiger partial charge in [-0.15, -0.1) is 0 Å².